The molecule has 1 amide bonds. The van der Waals surface area contributed by atoms with E-state index in [0.717, 1.165) is 29.6 Å². The molecule has 2 aromatic rings. The van der Waals surface area contributed by atoms with Crippen molar-refractivity contribution in [3.8, 4) is 0 Å². The Morgan fingerprint density at radius 2 is 2.08 bits per heavy atom. The van der Waals surface area contributed by atoms with E-state index in [4.69, 9.17) is 0 Å². The van der Waals surface area contributed by atoms with Crippen molar-refractivity contribution >= 4 is 22.6 Å². The van der Waals surface area contributed by atoms with E-state index in [-0.39, 0.29) is 0 Å². The molecule has 3 rings (SSSR count). The van der Waals surface area contributed by atoms with Crippen LogP contribution in [-0.2, 0) is 4.79 Å². The van der Waals surface area contributed by atoms with Gasteiger partial charge in [0.15, 0.2) is 0 Å². The van der Waals surface area contributed by atoms with Crippen molar-refractivity contribution in [1.29, 1.82) is 0 Å². The van der Waals surface area contributed by atoms with E-state index in [0.29, 0.717) is 18.2 Å². The molecule has 1 aromatic carbocycles. The number of quaternary nitrogens is 1. The lowest BCUT2D eigenvalue weighted by Gasteiger charge is -2.30. The highest BCUT2D eigenvalue weighted by atomic mass is 16.2. The number of Topliss-reactive ketones (excluding diaryl/α,β-unsaturated/α-hetero) is 1. The van der Waals surface area contributed by atoms with Crippen LogP contribution in [0, 0.1) is 6.92 Å². The van der Waals surface area contributed by atoms with Crippen LogP contribution in [0.25, 0.3) is 10.9 Å². The Morgan fingerprint density at radius 1 is 1.28 bits per heavy atom. The summed E-state index contributed by atoms with van der Waals surface area (Å²) in [6.45, 7) is 6.98. The maximum absolute atomic E-state index is 12.6. The monoisotopic (exact) mass is 342 g/mol. The molecule has 5 heteroatoms. The van der Waals surface area contributed by atoms with Crippen molar-refractivity contribution in [2.75, 3.05) is 19.6 Å². The minimum absolute atomic E-state index is 0.450. The van der Waals surface area contributed by atoms with Crippen molar-refractivity contribution in [1.82, 2.24) is 10.3 Å². The summed E-state index contributed by atoms with van der Waals surface area (Å²) in [5.41, 5.74) is 2.12. The highest BCUT2D eigenvalue weighted by Gasteiger charge is 2.23. The quantitative estimate of drug-likeness (QED) is 0.424. The predicted octanol–water partition coefficient (Wildman–Crippen LogP) is 1.62. The number of amides is 1. The van der Waals surface area contributed by atoms with Gasteiger partial charge in [-0.15, -0.1) is 0 Å². The molecule has 1 aliphatic rings. The lowest BCUT2D eigenvalue weighted by molar-refractivity contribution is -0.928. The molecule has 1 aliphatic heterocycles. The molecule has 0 bridgehead atoms. The fourth-order valence-electron chi connectivity index (χ4n) is 3.90. The Hall–Kier alpha value is -2.14. The van der Waals surface area contributed by atoms with Crippen molar-refractivity contribution in [3.05, 3.63) is 35.5 Å². The summed E-state index contributed by atoms with van der Waals surface area (Å²) in [5.74, 6) is -0.955. The van der Waals surface area contributed by atoms with E-state index in [2.05, 4.69) is 17.2 Å². The maximum atomic E-state index is 12.6. The number of hydrogen-bond acceptors (Lipinski definition) is 2. The van der Waals surface area contributed by atoms with Crippen LogP contribution in [0.5, 0.6) is 0 Å². The number of para-hydroxylation sites is 1. The number of aromatic nitrogens is 1. The van der Waals surface area contributed by atoms with Gasteiger partial charge in [-0.1, -0.05) is 18.2 Å². The fourth-order valence-corrected chi connectivity index (χ4v) is 3.90. The molecule has 1 saturated heterocycles. The SMILES string of the molecule is Cc1[nH]c2ccccc2c1C(=O)C(=O)NCCC[NH+]1CCCC[C@@H]1C. The average molecular weight is 342 g/mol. The van der Waals surface area contributed by atoms with E-state index < -0.39 is 11.7 Å². The second kappa shape index (κ2) is 7.83. The lowest BCUT2D eigenvalue weighted by Crippen LogP contribution is -3.16. The van der Waals surface area contributed by atoms with Crippen LogP contribution in [0.15, 0.2) is 24.3 Å². The first-order valence-electron chi connectivity index (χ1n) is 9.32. The van der Waals surface area contributed by atoms with Crippen LogP contribution in [-0.4, -0.2) is 42.4 Å². The summed E-state index contributed by atoms with van der Waals surface area (Å²) in [5, 5.41) is 3.61. The van der Waals surface area contributed by atoms with Gasteiger partial charge in [-0.3, -0.25) is 9.59 Å². The normalized spacial score (nSPS) is 20.6. The number of likely N-dealkylation sites (tertiary alicyclic amines) is 1. The van der Waals surface area contributed by atoms with Gasteiger partial charge < -0.3 is 15.2 Å². The molecule has 0 radical (unpaired) electrons. The Balaban J connectivity index is 1.54. The number of hydrogen-bond donors (Lipinski definition) is 3. The number of carbonyl (C=O) groups excluding carboxylic acids is 2. The zero-order valence-electron chi connectivity index (χ0n) is 15.2. The van der Waals surface area contributed by atoms with Gasteiger partial charge in [-0.25, -0.2) is 0 Å². The van der Waals surface area contributed by atoms with E-state index in [1.807, 2.05) is 31.2 Å². The second-order valence-corrected chi connectivity index (χ2v) is 7.16. The first-order chi connectivity index (χ1) is 12.1. The summed E-state index contributed by atoms with van der Waals surface area (Å²) >= 11 is 0. The predicted molar refractivity (Wildman–Crippen MR) is 99.0 cm³/mol. The topological polar surface area (TPSA) is 66.4 Å². The number of piperidine rings is 1. The molecule has 0 spiro atoms. The summed E-state index contributed by atoms with van der Waals surface area (Å²) in [6, 6.07) is 8.30. The van der Waals surface area contributed by atoms with Crippen molar-refractivity contribution in [2.45, 2.75) is 45.6 Å². The van der Waals surface area contributed by atoms with Crippen molar-refractivity contribution in [2.24, 2.45) is 0 Å². The number of aromatic amines is 1. The van der Waals surface area contributed by atoms with Gasteiger partial charge in [-0.05, 0) is 39.2 Å². The zero-order valence-corrected chi connectivity index (χ0v) is 15.2. The smallest absolute Gasteiger partial charge is 0.292 e. The Kier molecular flexibility index (Phi) is 5.53. The number of fused-ring (bicyclic) bond motifs is 1. The molecule has 0 saturated carbocycles. The lowest BCUT2D eigenvalue weighted by atomic mass is 10.0. The van der Waals surface area contributed by atoms with Gasteiger partial charge in [0.05, 0.1) is 24.7 Å². The third kappa shape index (κ3) is 3.93. The van der Waals surface area contributed by atoms with Crippen LogP contribution >= 0.6 is 0 Å². The Labute approximate surface area is 148 Å². The molecule has 5 nitrogen and oxygen atoms in total. The van der Waals surface area contributed by atoms with Gasteiger partial charge in [0.1, 0.15) is 0 Å². The number of ketones is 1. The van der Waals surface area contributed by atoms with E-state index in [1.54, 1.807) is 4.90 Å². The van der Waals surface area contributed by atoms with Gasteiger partial charge in [-0.2, -0.15) is 0 Å². The largest absolute Gasteiger partial charge is 0.358 e. The Bertz CT molecular complexity index is 765. The van der Waals surface area contributed by atoms with E-state index in [1.165, 1.54) is 25.8 Å². The first kappa shape index (κ1) is 17.7. The maximum Gasteiger partial charge on any atom is 0.292 e. The number of aryl methyl sites for hydroxylation is 1. The number of H-pyrrole nitrogens is 1. The molecule has 3 N–H and O–H groups in total. The highest BCUT2D eigenvalue weighted by molar-refractivity contribution is 6.45. The summed E-state index contributed by atoms with van der Waals surface area (Å²) in [6.07, 6.45) is 4.83. The van der Waals surface area contributed by atoms with Crippen LogP contribution in [0.3, 0.4) is 0 Å². The number of rotatable bonds is 6. The van der Waals surface area contributed by atoms with E-state index >= 15 is 0 Å². The van der Waals surface area contributed by atoms with Crippen LogP contribution < -0.4 is 10.2 Å². The van der Waals surface area contributed by atoms with Crippen molar-refractivity contribution < 1.29 is 14.5 Å². The second-order valence-electron chi connectivity index (χ2n) is 7.16. The Morgan fingerprint density at radius 3 is 2.88 bits per heavy atom. The third-order valence-electron chi connectivity index (χ3n) is 5.37. The third-order valence-corrected chi connectivity index (χ3v) is 5.37. The van der Waals surface area contributed by atoms with Gasteiger partial charge >= 0.3 is 0 Å². The molecule has 2 atom stereocenters. The fraction of sp³-hybridized carbons (Fsp3) is 0.500. The standard InChI is InChI=1S/C20H27N3O2/c1-14-8-5-6-12-23(14)13-7-11-21-20(25)19(24)18-15(2)22-17-10-4-3-9-16(17)18/h3-4,9-10,14,22H,5-8,11-13H2,1-2H3,(H,21,25)/p+1/t14-/m0/s1. The van der Waals surface area contributed by atoms with Gasteiger partial charge in [0.2, 0.25) is 0 Å². The van der Waals surface area contributed by atoms with Crippen molar-refractivity contribution in [3.63, 3.8) is 0 Å². The molecule has 2 heterocycles. The average Bonchev–Trinajstić information content (AvgIpc) is 2.95. The van der Waals surface area contributed by atoms with Crippen LogP contribution in [0.4, 0.5) is 0 Å². The summed E-state index contributed by atoms with van der Waals surface area (Å²) < 4.78 is 0. The van der Waals surface area contributed by atoms with Gasteiger partial charge in [0.25, 0.3) is 11.7 Å². The first-order valence-corrected chi connectivity index (χ1v) is 9.32. The van der Waals surface area contributed by atoms with Crippen LogP contribution in [0.2, 0.25) is 0 Å². The molecule has 134 valence electrons. The molecular formula is C20H28N3O2+. The number of carbonyl (C=O) groups is 2. The van der Waals surface area contributed by atoms with Crippen LogP contribution in [0.1, 0.15) is 48.7 Å². The summed E-state index contributed by atoms with van der Waals surface area (Å²) in [4.78, 5) is 29.6. The number of nitrogens with one attached hydrogen (secondary N) is 3. The molecule has 1 unspecified atom stereocenters. The molecule has 0 aliphatic carbocycles. The number of benzene rings is 1. The summed E-state index contributed by atoms with van der Waals surface area (Å²) in [7, 11) is 0. The molecule has 1 aromatic heterocycles. The van der Waals surface area contributed by atoms with Gasteiger partial charge in [0, 0.05) is 29.6 Å². The molecule has 1 fully saturated rings. The zero-order chi connectivity index (χ0) is 17.8. The molecule has 25 heavy (non-hydrogen) atoms. The molecular weight excluding hydrogens is 314 g/mol. The van der Waals surface area contributed by atoms with E-state index in [9.17, 15) is 9.59 Å². The highest BCUT2D eigenvalue weighted by Crippen LogP contribution is 2.22. The minimum Gasteiger partial charge on any atom is -0.358 e. The minimum atomic E-state index is -0.505.